The molecule has 1 unspecified atom stereocenters. The summed E-state index contributed by atoms with van der Waals surface area (Å²) in [5.41, 5.74) is 1.52. The number of rotatable bonds is 20. The van der Waals surface area contributed by atoms with Crippen LogP contribution in [0.1, 0.15) is 35.2 Å². The summed E-state index contributed by atoms with van der Waals surface area (Å²) in [6.45, 7) is 4.47. The lowest BCUT2D eigenvalue weighted by Gasteiger charge is -2.29. The SMILES string of the molecule is O=C(O)CCOCCOCCOCCOCCOCCSc1cccc2c1CN(C1CCC(=O)NC1=O)C2=O. The van der Waals surface area contributed by atoms with Gasteiger partial charge in [0.2, 0.25) is 11.8 Å². The number of carbonyl (C=O) groups is 4. The highest BCUT2D eigenvalue weighted by molar-refractivity contribution is 7.99. The van der Waals surface area contributed by atoms with Crippen molar-refractivity contribution in [1.82, 2.24) is 10.2 Å². The molecule has 13 heteroatoms. The number of amides is 3. The lowest BCUT2D eigenvalue weighted by molar-refractivity contribution is -0.139. The largest absolute Gasteiger partial charge is 0.481 e. The van der Waals surface area contributed by atoms with Crippen molar-refractivity contribution in [1.29, 1.82) is 0 Å². The summed E-state index contributed by atoms with van der Waals surface area (Å²) in [7, 11) is 0. The molecule has 2 aliphatic rings. The Hall–Kier alpha value is -2.55. The second kappa shape index (κ2) is 17.2. The zero-order valence-electron chi connectivity index (χ0n) is 21.9. The number of carbonyl (C=O) groups excluding carboxylic acids is 3. The topological polar surface area (TPSA) is 150 Å². The van der Waals surface area contributed by atoms with Crippen molar-refractivity contribution in [2.75, 3.05) is 71.8 Å². The Kier molecular flexibility index (Phi) is 13.7. The van der Waals surface area contributed by atoms with Gasteiger partial charge in [-0.2, -0.15) is 0 Å². The average molecular weight is 569 g/mol. The maximum absolute atomic E-state index is 12.9. The Labute approximate surface area is 231 Å². The molecular formula is C26H36N2O10S. The average Bonchev–Trinajstić information content (AvgIpc) is 3.24. The minimum absolute atomic E-state index is 0.0137. The normalized spacial score (nSPS) is 17.0. The van der Waals surface area contributed by atoms with E-state index in [1.54, 1.807) is 22.7 Å². The van der Waals surface area contributed by atoms with Gasteiger partial charge in [0.05, 0.1) is 72.5 Å². The molecule has 3 amide bonds. The molecule has 0 bridgehead atoms. The number of nitrogens with zero attached hydrogens (tertiary/aromatic N) is 1. The van der Waals surface area contributed by atoms with Gasteiger partial charge in [-0.05, 0) is 24.1 Å². The van der Waals surface area contributed by atoms with E-state index in [0.29, 0.717) is 83.7 Å². The lowest BCUT2D eigenvalue weighted by Crippen LogP contribution is -2.52. The lowest BCUT2D eigenvalue weighted by atomic mass is 10.0. The fourth-order valence-corrected chi connectivity index (χ4v) is 4.99. The number of thioether (sulfide) groups is 1. The van der Waals surface area contributed by atoms with Crippen LogP contribution in [0.15, 0.2) is 23.1 Å². The minimum Gasteiger partial charge on any atom is -0.481 e. The van der Waals surface area contributed by atoms with E-state index in [0.717, 1.165) is 10.5 Å². The second-order valence-corrected chi connectivity index (χ2v) is 9.87. The number of aliphatic carboxylic acids is 1. The second-order valence-electron chi connectivity index (χ2n) is 8.74. The van der Waals surface area contributed by atoms with Crippen LogP contribution in [0.25, 0.3) is 0 Å². The van der Waals surface area contributed by atoms with Gasteiger partial charge < -0.3 is 33.7 Å². The highest BCUT2D eigenvalue weighted by Crippen LogP contribution is 2.34. The first-order valence-corrected chi connectivity index (χ1v) is 14.0. The molecule has 0 radical (unpaired) electrons. The van der Waals surface area contributed by atoms with Crippen molar-refractivity contribution in [3.8, 4) is 0 Å². The molecule has 0 spiro atoms. The molecule has 0 saturated carbocycles. The molecule has 1 saturated heterocycles. The van der Waals surface area contributed by atoms with Gasteiger partial charge in [-0.3, -0.25) is 24.5 Å². The summed E-state index contributed by atoms with van der Waals surface area (Å²) in [4.78, 5) is 49.5. The van der Waals surface area contributed by atoms with Gasteiger partial charge in [0, 0.05) is 29.2 Å². The molecule has 12 nitrogen and oxygen atoms in total. The molecule has 1 aromatic rings. The maximum atomic E-state index is 12.9. The zero-order valence-corrected chi connectivity index (χ0v) is 22.7. The summed E-state index contributed by atoms with van der Waals surface area (Å²) in [6, 6.07) is 4.97. The van der Waals surface area contributed by atoms with Gasteiger partial charge in [0.1, 0.15) is 6.04 Å². The third-order valence-corrected chi connectivity index (χ3v) is 7.04. The smallest absolute Gasteiger partial charge is 0.305 e. The molecule has 0 aliphatic carbocycles. The molecule has 2 N–H and O–H groups in total. The number of imide groups is 1. The van der Waals surface area contributed by atoms with E-state index in [2.05, 4.69) is 5.32 Å². The Morgan fingerprint density at radius 2 is 1.49 bits per heavy atom. The van der Waals surface area contributed by atoms with Gasteiger partial charge >= 0.3 is 5.97 Å². The number of nitrogens with one attached hydrogen (secondary N) is 1. The van der Waals surface area contributed by atoms with Crippen molar-refractivity contribution in [2.45, 2.75) is 36.7 Å². The van der Waals surface area contributed by atoms with Crippen LogP contribution >= 0.6 is 11.8 Å². The number of carboxylic acids is 1. The van der Waals surface area contributed by atoms with E-state index < -0.39 is 17.9 Å². The summed E-state index contributed by atoms with van der Waals surface area (Å²) in [6.07, 6.45) is 0.565. The number of fused-ring (bicyclic) bond motifs is 1. The molecule has 2 heterocycles. The summed E-state index contributed by atoms with van der Waals surface area (Å²) < 4.78 is 27.0. The van der Waals surface area contributed by atoms with Crippen molar-refractivity contribution in [3.05, 3.63) is 29.3 Å². The molecule has 3 rings (SSSR count). The predicted octanol–water partition coefficient (Wildman–Crippen LogP) is 1.10. The number of piperidine rings is 1. The van der Waals surface area contributed by atoms with Crippen LogP contribution in [0.4, 0.5) is 0 Å². The van der Waals surface area contributed by atoms with Crippen LogP contribution in [0.3, 0.4) is 0 Å². The first-order valence-electron chi connectivity index (χ1n) is 13.0. The number of hydrogen-bond acceptors (Lipinski definition) is 10. The molecule has 0 aromatic heterocycles. The van der Waals surface area contributed by atoms with E-state index in [1.165, 1.54) is 0 Å². The molecule has 2 aliphatic heterocycles. The number of benzene rings is 1. The maximum Gasteiger partial charge on any atom is 0.305 e. The quantitative estimate of drug-likeness (QED) is 0.132. The van der Waals surface area contributed by atoms with Crippen LogP contribution in [0.2, 0.25) is 0 Å². The number of ether oxygens (including phenoxy) is 5. The molecule has 1 atom stereocenters. The van der Waals surface area contributed by atoms with Crippen LogP contribution in [0.5, 0.6) is 0 Å². The molecule has 39 heavy (non-hydrogen) atoms. The van der Waals surface area contributed by atoms with E-state index in [1.807, 2.05) is 12.1 Å². The fourth-order valence-electron chi connectivity index (χ4n) is 4.04. The van der Waals surface area contributed by atoms with Gasteiger partial charge in [0.25, 0.3) is 5.91 Å². The highest BCUT2D eigenvalue weighted by Gasteiger charge is 2.39. The van der Waals surface area contributed by atoms with Gasteiger partial charge in [-0.1, -0.05) is 6.07 Å². The van der Waals surface area contributed by atoms with Gasteiger partial charge in [0.15, 0.2) is 0 Å². The van der Waals surface area contributed by atoms with Crippen molar-refractivity contribution < 1.29 is 48.0 Å². The Balaban J connectivity index is 1.18. The zero-order chi connectivity index (χ0) is 27.9. The molecule has 1 fully saturated rings. The Morgan fingerprint density at radius 3 is 2.08 bits per heavy atom. The van der Waals surface area contributed by atoms with Crippen molar-refractivity contribution in [2.24, 2.45) is 0 Å². The molecular weight excluding hydrogens is 532 g/mol. The standard InChI is InChI=1S/C26H36N2O10S/c29-23-5-4-21(25(32)27-23)28-18-20-19(26(28)33)2-1-3-22(20)39-17-16-38-15-14-37-13-12-36-11-10-35-9-8-34-7-6-24(30)31/h1-3,21H,4-18H2,(H,30,31)(H,27,29,32). The van der Waals surface area contributed by atoms with Gasteiger partial charge in [-0.15, -0.1) is 11.8 Å². The van der Waals surface area contributed by atoms with E-state index in [-0.39, 0.29) is 31.3 Å². The first-order chi connectivity index (χ1) is 19.0. The Morgan fingerprint density at radius 1 is 0.897 bits per heavy atom. The van der Waals surface area contributed by atoms with Crippen LogP contribution in [0, 0.1) is 0 Å². The summed E-state index contributed by atoms with van der Waals surface area (Å²) in [5, 5.41) is 10.8. The van der Waals surface area contributed by atoms with E-state index in [9.17, 15) is 19.2 Å². The highest BCUT2D eigenvalue weighted by atomic mass is 32.2. The molecule has 1 aromatic carbocycles. The number of carboxylic acid groups (broad SMARTS) is 1. The van der Waals surface area contributed by atoms with Crippen molar-refractivity contribution in [3.63, 3.8) is 0 Å². The minimum atomic E-state index is -0.884. The summed E-state index contributed by atoms with van der Waals surface area (Å²) >= 11 is 1.60. The third-order valence-electron chi connectivity index (χ3n) is 5.97. The van der Waals surface area contributed by atoms with Gasteiger partial charge in [-0.25, -0.2) is 0 Å². The third kappa shape index (κ3) is 10.5. The van der Waals surface area contributed by atoms with E-state index in [4.69, 9.17) is 28.8 Å². The monoisotopic (exact) mass is 568 g/mol. The van der Waals surface area contributed by atoms with Crippen molar-refractivity contribution >= 4 is 35.5 Å². The van der Waals surface area contributed by atoms with Crippen LogP contribution in [-0.4, -0.2) is 112 Å². The Bertz CT molecular complexity index is 976. The van der Waals surface area contributed by atoms with E-state index >= 15 is 0 Å². The summed E-state index contributed by atoms with van der Waals surface area (Å²) in [5.74, 6) is -1.06. The first kappa shape index (κ1) is 31.0. The van der Waals surface area contributed by atoms with Crippen LogP contribution in [-0.2, 0) is 44.6 Å². The molecule has 216 valence electrons. The van der Waals surface area contributed by atoms with Crippen LogP contribution < -0.4 is 5.32 Å². The fraction of sp³-hybridized carbons (Fsp3) is 0.615. The number of hydrogen-bond donors (Lipinski definition) is 2. The predicted molar refractivity (Wildman–Crippen MR) is 140 cm³/mol.